The van der Waals surface area contributed by atoms with Gasteiger partial charge in [-0.05, 0) is 30.2 Å². The zero-order valence-electron chi connectivity index (χ0n) is 12.8. The van der Waals surface area contributed by atoms with Crippen LogP contribution in [0.4, 0.5) is 5.69 Å². The van der Waals surface area contributed by atoms with Crippen LogP contribution in [0.2, 0.25) is 0 Å². The van der Waals surface area contributed by atoms with Gasteiger partial charge in [0.05, 0.1) is 0 Å². The van der Waals surface area contributed by atoms with Crippen LogP contribution in [0.15, 0.2) is 59.5 Å². The first-order valence-corrected chi connectivity index (χ1v) is 8.35. The van der Waals surface area contributed by atoms with Crippen molar-refractivity contribution in [1.82, 2.24) is 5.32 Å². The van der Waals surface area contributed by atoms with Crippen LogP contribution in [0, 0.1) is 0 Å². The standard InChI is InChI=1S/C18H22N2OS/c1-14(22-16-8-3-2-4-9-16)13-20-18(21)12-11-15-7-5-6-10-17(15)19/h2-10,14H,11-13,19H2,1H3,(H,20,21). The molecule has 116 valence electrons. The van der Waals surface area contributed by atoms with Crippen molar-refractivity contribution in [2.75, 3.05) is 12.3 Å². The van der Waals surface area contributed by atoms with Crippen LogP contribution >= 0.6 is 11.8 Å². The molecule has 0 saturated heterocycles. The predicted molar refractivity (Wildman–Crippen MR) is 93.9 cm³/mol. The number of anilines is 1. The number of hydrogen-bond donors (Lipinski definition) is 2. The number of nitrogens with two attached hydrogens (primary N) is 1. The van der Waals surface area contributed by atoms with E-state index in [1.165, 1.54) is 4.90 Å². The average molecular weight is 314 g/mol. The van der Waals surface area contributed by atoms with E-state index in [-0.39, 0.29) is 5.91 Å². The number of para-hydroxylation sites is 1. The highest BCUT2D eigenvalue weighted by Crippen LogP contribution is 2.22. The zero-order chi connectivity index (χ0) is 15.8. The van der Waals surface area contributed by atoms with Gasteiger partial charge in [-0.3, -0.25) is 4.79 Å². The fraction of sp³-hybridized carbons (Fsp3) is 0.278. The van der Waals surface area contributed by atoms with Gasteiger partial charge in [-0.1, -0.05) is 43.3 Å². The van der Waals surface area contributed by atoms with Gasteiger partial charge in [0.2, 0.25) is 5.91 Å². The summed E-state index contributed by atoms with van der Waals surface area (Å²) in [4.78, 5) is 13.1. The van der Waals surface area contributed by atoms with Gasteiger partial charge in [0, 0.05) is 28.8 Å². The Morgan fingerprint density at radius 2 is 1.82 bits per heavy atom. The third kappa shape index (κ3) is 5.45. The molecule has 0 aromatic heterocycles. The van der Waals surface area contributed by atoms with E-state index in [0.717, 1.165) is 11.3 Å². The molecule has 22 heavy (non-hydrogen) atoms. The van der Waals surface area contributed by atoms with E-state index in [9.17, 15) is 4.79 Å². The zero-order valence-corrected chi connectivity index (χ0v) is 13.6. The molecule has 2 aromatic rings. The molecule has 0 aliphatic rings. The SMILES string of the molecule is CC(CNC(=O)CCc1ccccc1N)Sc1ccccc1. The molecule has 0 spiro atoms. The highest BCUT2D eigenvalue weighted by Gasteiger charge is 2.08. The lowest BCUT2D eigenvalue weighted by atomic mass is 10.1. The molecule has 1 unspecified atom stereocenters. The number of benzene rings is 2. The summed E-state index contributed by atoms with van der Waals surface area (Å²) in [7, 11) is 0. The second kappa shape index (κ2) is 8.49. The molecule has 2 aromatic carbocycles. The number of aryl methyl sites for hydroxylation is 1. The number of thioether (sulfide) groups is 1. The fourth-order valence-electron chi connectivity index (χ4n) is 2.13. The fourth-order valence-corrected chi connectivity index (χ4v) is 3.07. The molecule has 0 heterocycles. The van der Waals surface area contributed by atoms with Crippen molar-refractivity contribution in [3.63, 3.8) is 0 Å². The summed E-state index contributed by atoms with van der Waals surface area (Å²) in [6.45, 7) is 2.79. The Labute approximate surface area is 136 Å². The smallest absolute Gasteiger partial charge is 0.220 e. The Bertz CT molecular complexity index is 601. The second-order valence-corrected chi connectivity index (χ2v) is 6.76. The summed E-state index contributed by atoms with van der Waals surface area (Å²) in [5, 5.41) is 3.33. The van der Waals surface area contributed by atoms with Gasteiger partial charge >= 0.3 is 0 Å². The van der Waals surface area contributed by atoms with Gasteiger partial charge in [-0.25, -0.2) is 0 Å². The Kier molecular flexibility index (Phi) is 6.34. The largest absolute Gasteiger partial charge is 0.399 e. The summed E-state index contributed by atoms with van der Waals surface area (Å²) in [5.74, 6) is 0.0729. The van der Waals surface area contributed by atoms with E-state index in [4.69, 9.17) is 5.73 Å². The molecular weight excluding hydrogens is 292 g/mol. The van der Waals surface area contributed by atoms with Crippen LogP contribution in [0.25, 0.3) is 0 Å². The molecule has 1 amide bonds. The van der Waals surface area contributed by atoms with Gasteiger partial charge in [0.1, 0.15) is 0 Å². The Hall–Kier alpha value is -1.94. The molecule has 4 heteroatoms. The Morgan fingerprint density at radius 3 is 2.55 bits per heavy atom. The number of carbonyl (C=O) groups is 1. The first-order valence-electron chi connectivity index (χ1n) is 7.47. The van der Waals surface area contributed by atoms with Gasteiger partial charge in [0.25, 0.3) is 0 Å². The van der Waals surface area contributed by atoms with Crippen LogP contribution in [0.5, 0.6) is 0 Å². The van der Waals surface area contributed by atoms with Crippen molar-refractivity contribution in [2.24, 2.45) is 0 Å². The first-order chi connectivity index (χ1) is 10.6. The van der Waals surface area contributed by atoms with Crippen LogP contribution in [-0.4, -0.2) is 17.7 Å². The maximum absolute atomic E-state index is 11.9. The molecule has 0 saturated carbocycles. The molecule has 2 rings (SSSR count). The molecule has 0 radical (unpaired) electrons. The van der Waals surface area contributed by atoms with Gasteiger partial charge in [-0.15, -0.1) is 11.8 Å². The van der Waals surface area contributed by atoms with Crippen LogP contribution in [-0.2, 0) is 11.2 Å². The monoisotopic (exact) mass is 314 g/mol. The molecule has 0 aliphatic heterocycles. The number of carbonyl (C=O) groups excluding carboxylic acids is 1. The number of amides is 1. The van der Waals surface area contributed by atoms with Crippen LogP contribution in [0.3, 0.4) is 0 Å². The first kappa shape index (κ1) is 16.4. The van der Waals surface area contributed by atoms with Gasteiger partial charge in [-0.2, -0.15) is 0 Å². The molecule has 3 N–H and O–H groups in total. The van der Waals surface area contributed by atoms with E-state index < -0.39 is 0 Å². The van der Waals surface area contributed by atoms with E-state index in [0.29, 0.717) is 24.6 Å². The number of rotatable bonds is 7. The highest BCUT2D eigenvalue weighted by atomic mass is 32.2. The maximum atomic E-state index is 11.9. The van der Waals surface area contributed by atoms with Crippen LogP contribution in [0.1, 0.15) is 18.9 Å². The van der Waals surface area contributed by atoms with Crippen LogP contribution < -0.4 is 11.1 Å². The lowest BCUT2D eigenvalue weighted by Gasteiger charge is -2.12. The highest BCUT2D eigenvalue weighted by molar-refractivity contribution is 8.00. The summed E-state index contributed by atoms with van der Waals surface area (Å²) in [6.07, 6.45) is 1.15. The van der Waals surface area contributed by atoms with Gasteiger partial charge in [0.15, 0.2) is 0 Å². The van der Waals surface area contributed by atoms with Crippen molar-refractivity contribution in [3.05, 3.63) is 60.2 Å². The molecular formula is C18H22N2OS. The van der Waals surface area contributed by atoms with Crippen molar-refractivity contribution in [3.8, 4) is 0 Å². The quantitative estimate of drug-likeness (QED) is 0.607. The predicted octanol–water partition coefficient (Wildman–Crippen LogP) is 3.50. The van der Waals surface area contributed by atoms with Crippen molar-refractivity contribution < 1.29 is 4.79 Å². The minimum Gasteiger partial charge on any atom is -0.399 e. The van der Waals surface area contributed by atoms with Crippen molar-refractivity contribution in [1.29, 1.82) is 0 Å². The van der Waals surface area contributed by atoms with Crippen molar-refractivity contribution in [2.45, 2.75) is 29.9 Å². The molecule has 0 bridgehead atoms. The molecule has 3 nitrogen and oxygen atoms in total. The number of hydrogen-bond acceptors (Lipinski definition) is 3. The Balaban J connectivity index is 1.70. The average Bonchev–Trinajstić information content (AvgIpc) is 2.53. The van der Waals surface area contributed by atoms with E-state index >= 15 is 0 Å². The summed E-state index contributed by atoms with van der Waals surface area (Å²) >= 11 is 1.77. The summed E-state index contributed by atoms with van der Waals surface area (Å²) in [6, 6.07) is 17.9. The maximum Gasteiger partial charge on any atom is 0.220 e. The minimum atomic E-state index is 0.0729. The third-order valence-corrected chi connectivity index (χ3v) is 4.46. The van der Waals surface area contributed by atoms with Crippen molar-refractivity contribution >= 4 is 23.4 Å². The lowest BCUT2D eigenvalue weighted by molar-refractivity contribution is -0.121. The topological polar surface area (TPSA) is 55.1 Å². The minimum absolute atomic E-state index is 0.0729. The lowest BCUT2D eigenvalue weighted by Crippen LogP contribution is -2.29. The normalized spacial score (nSPS) is 11.9. The number of nitrogens with one attached hydrogen (secondary N) is 1. The third-order valence-electron chi connectivity index (χ3n) is 3.34. The molecule has 0 fully saturated rings. The van der Waals surface area contributed by atoms with Gasteiger partial charge < -0.3 is 11.1 Å². The molecule has 1 atom stereocenters. The van der Waals surface area contributed by atoms with E-state index in [2.05, 4.69) is 24.4 Å². The molecule has 0 aliphatic carbocycles. The summed E-state index contributed by atoms with van der Waals surface area (Å²) < 4.78 is 0. The summed E-state index contributed by atoms with van der Waals surface area (Å²) in [5.41, 5.74) is 7.66. The second-order valence-electron chi connectivity index (χ2n) is 5.24. The Morgan fingerprint density at radius 1 is 1.14 bits per heavy atom. The van der Waals surface area contributed by atoms with E-state index in [1.54, 1.807) is 11.8 Å². The van der Waals surface area contributed by atoms with E-state index in [1.807, 2.05) is 42.5 Å². The number of nitrogen functional groups attached to an aromatic ring is 1.